The molecule has 122 valence electrons. The van der Waals surface area contributed by atoms with Crippen molar-refractivity contribution in [2.45, 2.75) is 26.4 Å². The van der Waals surface area contributed by atoms with E-state index in [2.05, 4.69) is 5.32 Å². The van der Waals surface area contributed by atoms with E-state index in [0.29, 0.717) is 13.0 Å². The van der Waals surface area contributed by atoms with Crippen LogP contribution in [0.4, 0.5) is 0 Å². The third-order valence-electron chi connectivity index (χ3n) is 3.61. The number of hydrogen-bond donors (Lipinski definition) is 2. The number of amides is 1. The lowest BCUT2D eigenvalue weighted by Crippen LogP contribution is -2.30. The van der Waals surface area contributed by atoms with E-state index in [1.807, 2.05) is 62.4 Å². The maximum absolute atomic E-state index is 11.8. The number of ether oxygens (including phenoxy) is 1. The SMILES string of the molecule is Cc1ccc(OCC(=O)NCCC(O)c2ccccc2)c(C)c1. The Bertz CT molecular complexity index is 640. The Kier molecular flexibility index (Phi) is 6.18. The first-order valence-electron chi connectivity index (χ1n) is 7.76. The first kappa shape index (κ1) is 17.0. The Morgan fingerprint density at radius 3 is 2.61 bits per heavy atom. The quantitative estimate of drug-likeness (QED) is 0.826. The molecule has 0 saturated heterocycles. The van der Waals surface area contributed by atoms with Gasteiger partial charge in [0, 0.05) is 6.54 Å². The summed E-state index contributed by atoms with van der Waals surface area (Å²) in [6.45, 7) is 4.36. The monoisotopic (exact) mass is 313 g/mol. The predicted octanol–water partition coefficient (Wildman–Crippen LogP) is 2.92. The molecule has 0 heterocycles. The van der Waals surface area contributed by atoms with E-state index < -0.39 is 6.10 Å². The van der Waals surface area contributed by atoms with Crippen molar-refractivity contribution in [3.8, 4) is 5.75 Å². The zero-order valence-electron chi connectivity index (χ0n) is 13.6. The number of hydrogen-bond acceptors (Lipinski definition) is 3. The number of rotatable bonds is 7. The van der Waals surface area contributed by atoms with Crippen LogP contribution >= 0.6 is 0 Å². The summed E-state index contributed by atoms with van der Waals surface area (Å²) >= 11 is 0. The van der Waals surface area contributed by atoms with Crippen molar-refractivity contribution in [1.29, 1.82) is 0 Å². The average molecular weight is 313 g/mol. The Balaban J connectivity index is 1.71. The molecule has 1 unspecified atom stereocenters. The van der Waals surface area contributed by atoms with Gasteiger partial charge in [0.1, 0.15) is 5.75 Å². The molecule has 1 atom stereocenters. The molecule has 0 fully saturated rings. The van der Waals surface area contributed by atoms with Gasteiger partial charge in [0.05, 0.1) is 6.10 Å². The first-order chi connectivity index (χ1) is 11.1. The molecule has 0 aliphatic heterocycles. The third kappa shape index (κ3) is 5.42. The van der Waals surface area contributed by atoms with Gasteiger partial charge in [-0.05, 0) is 37.5 Å². The second-order valence-electron chi connectivity index (χ2n) is 5.62. The molecule has 0 aliphatic carbocycles. The summed E-state index contributed by atoms with van der Waals surface area (Å²) in [5.41, 5.74) is 3.03. The number of aliphatic hydroxyl groups excluding tert-OH is 1. The van der Waals surface area contributed by atoms with Crippen LogP contribution in [0.5, 0.6) is 5.75 Å². The van der Waals surface area contributed by atoms with E-state index in [9.17, 15) is 9.90 Å². The summed E-state index contributed by atoms with van der Waals surface area (Å²) in [6.07, 6.45) is -0.101. The van der Waals surface area contributed by atoms with Gasteiger partial charge in [-0.2, -0.15) is 0 Å². The van der Waals surface area contributed by atoms with Crippen LogP contribution < -0.4 is 10.1 Å². The van der Waals surface area contributed by atoms with Gasteiger partial charge >= 0.3 is 0 Å². The molecule has 4 nitrogen and oxygen atoms in total. The van der Waals surface area contributed by atoms with Crippen LogP contribution in [0.2, 0.25) is 0 Å². The van der Waals surface area contributed by atoms with Crippen molar-refractivity contribution >= 4 is 5.91 Å². The third-order valence-corrected chi connectivity index (χ3v) is 3.61. The highest BCUT2D eigenvalue weighted by atomic mass is 16.5. The topological polar surface area (TPSA) is 58.6 Å². The molecule has 0 aromatic heterocycles. The van der Waals surface area contributed by atoms with Crippen molar-refractivity contribution in [2.24, 2.45) is 0 Å². The first-order valence-corrected chi connectivity index (χ1v) is 7.76. The summed E-state index contributed by atoms with van der Waals surface area (Å²) < 4.78 is 5.52. The summed E-state index contributed by atoms with van der Waals surface area (Å²) in [7, 11) is 0. The molecule has 1 amide bonds. The Hall–Kier alpha value is -2.33. The van der Waals surface area contributed by atoms with Gasteiger partial charge in [-0.1, -0.05) is 48.0 Å². The minimum Gasteiger partial charge on any atom is -0.484 e. The second kappa shape index (κ2) is 8.34. The number of aryl methyl sites for hydroxylation is 2. The second-order valence-corrected chi connectivity index (χ2v) is 5.62. The standard InChI is InChI=1S/C19H23NO3/c1-14-8-9-18(15(2)12-14)23-13-19(22)20-11-10-17(21)16-6-4-3-5-7-16/h3-9,12,17,21H,10-11,13H2,1-2H3,(H,20,22). The average Bonchev–Trinajstić information content (AvgIpc) is 2.54. The maximum atomic E-state index is 11.8. The van der Waals surface area contributed by atoms with E-state index >= 15 is 0 Å². The van der Waals surface area contributed by atoms with E-state index in [-0.39, 0.29) is 12.5 Å². The number of carbonyl (C=O) groups is 1. The van der Waals surface area contributed by atoms with E-state index in [4.69, 9.17) is 4.74 Å². The van der Waals surface area contributed by atoms with Crippen LogP contribution in [0.25, 0.3) is 0 Å². The zero-order valence-corrected chi connectivity index (χ0v) is 13.6. The van der Waals surface area contributed by atoms with Crippen LogP contribution in [-0.4, -0.2) is 24.2 Å². The summed E-state index contributed by atoms with van der Waals surface area (Å²) in [6, 6.07) is 15.3. The number of aliphatic hydroxyl groups is 1. The zero-order chi connectivity index (χ0) is 16.7. The normalized spacial score (nSPS) is 11.8. The fourth-order valence-electron chi connectivity index (χ4n) is 2.35. The van der Waals surface area contributed by atoms with Crippen molar-refractivity contribution in [3.63, 3.8) is 0 Å². The molecule has 0 radical (unpaired) electrons. The van der Waals surface area contributed by atoms with Crippen molar-refractivity contribution < 1.29 is 14.6 Å². The minimum absolute atomic E-state index is 0.0225. The van der Waals surface area contributed by atoms with Gasteiger partial charge in [0.25, 0.3) is 5.91 Å². The van der Waals surface area contributed by atoms with Crippen LogP contribution in [-0.2, 0) is 4.79 Å². The highest BCUT2D eigenvalue weighted by Crippen LogP contribution is 2.18. The molecule has 2 N–H and O–H groups in total. The lowest BCUT2D eigenvalue weighted by Gasteiger charge is -2.12. The molecular weight excluding hydrogens is 290 g/mol. The fraction of sp³-hybridized carbons (Fsp3) is 0.316. The van der Waals surface area contributed by atoms with Crippen molar-refractivity contribution in [3.05, 3.63) is 65.2 Å². The minimum atomic E-state index is -0.572. The molecule has 2 aromatic rings. The van der Waals surface area contributed by atoms with Crippen molar-refractivity contribution in [1.82, 2.24) is 5.32 Å². The lowest BCUT2D eigenvalue weighted by molar-refractivity contribution is -0.123. The van der Waals surface area contributed by atoms with Crippen LogP contribution in [0, 0.1) is 13.8 Å². The molecule has 2 rings (SSSR count). The summed E-state index contributed by atoms with van der Waals surface area (Å²) in [4.78, 5) is 11.8. The highest BCUT2D eigenvalue weighted by Gasteiger charge is 2.08. The summed E-state index contributed by atoms with van der Waals surface area (Å²) in [5, 5.41) is 12.8. The van der Waals surface area contributed by atoms with Crippen LogP contribution in [0.3, 0.4) is 0 Å². The van der Waals surface area contributed by atoms with Gasteiger partial charge in [-0.3, -0.25) is 4.79 Å². The molecule has 2 aromatic carbocycles. The Labute approximate surface area is 137 Å². The molecule has 0 aliphatic rings. The number of benzene rings is 2. The largest absolute Gasteiger partial charge is 0.484 e. The summed E-state index contributed by atoms with van der Waals surface area (Å²) in [5.74, 6) is 0.528. The van der Waals surface area contributed by atoms with Gasteiger partial charge in [0.15, 0.2) is 6.61 Å². The highest BCUT2D eigenvalue weighted by molar-refractivity contribution is 5.77. The Morgan fingerprint density at radius 2 is 1.91 bits per heavy atom. The van der Waals surface area contributed by atoms with Gasteiger partial charge in [0.2, 0.25) is 0 Å². The predicted molar refractivity (Wildman–Crippen MR) is 90.4 cm³/mol. The van der Waals surface area contributed by atoms with E-state index in [1.54, 1.807) is 0 Å². The Morgan fingerprint density at radius 1 is 1.17 bits per heavy atom. The molecule has 0 saturated carbocycles. The molecule has 23 heavy (non-hydrogen) atoms. The van der Waals surface area contributed by atoms with E-state index in [0.717, 1.165) is 22.4 Å². The van der Waals surface area contributed by atoms with Gasteiger partial charge < -0.3 is 15.2 Å². The number of carbonyl (C=O) groups excluding carboxylic acids is 1. The van der Waals surface area contributed by atoms with Crippen LogP contribution in [0.1, 0.15) is 29.2 Å². The molecule has 4 heteroatoms. The van der Waals surface area contributed by atoms with Crippen molar-refractivity contribution in [2.75, 3.05) is 13.2 Å². The molecule has 0 spiro atoms. The number of nitrogens with one attached hydrogen (secondary N) is 1. The maximum Gasteiger partial charge on any atom is 0.257 e. The molecule has 0 bridgehead atoms. The molecular formula is C19H23NO3. The smallest absolute Gasteiger partial charge is 0.257 e. The fourth-order valence-corrected chi connectivity index (χ4v) is 2.35. The van der Waals surface area contributed by atoms with Crippen LogP contribution in [0.15, 0.2) is 48.5 Å². The van der Waals surface area contributed by atoms with E-state index in [1.165, 1.54) is 0 Å². The van der Waals surface area contributed by atoms with Gasteiger partial charge in [-0.25, -0.2) is 0 Å². The van der Waals surface area contributed by atoms with Gasteiger partial charge in [-0.15, -0.1) is 0 Å². The lowest BCUT2D eigenvalue weighted by atomic mass is 10.1.